The number of nitrogens with two attached hydrogens (primary N) is 2. The van der Waals surface area contributed by atoms with Crippen LogP contribution in [0, 0.1) is 0 Å². The van der Waals surface area contributed by atoms with Crippen molar-refractivity contribution in [1.29, 1.82) is 0 Å². The van der Waals surface area contributed by atoms with Gasteiger partial charge in [-0.15, -0.1) is 0 Å². The molecule has 0 saturated heterocycles. The fourth-order valence-corrected chi connectivity index (χ4v) is 4.25. The molecule has 28 heavy (non-hydrogen) atoms. The van der Waals surface area contributed by atoms with Crippen molar-refractivity contribution in [3.63, 3.8) is 0 Å². The van der Waals surface area contributed by atoms with E-state index in [2.05, 4.69) is 3.82 Å². The van der Waals surface area contributed by atoms with Crippen LogP contribution >= 0.6 is 21.6 Å². The molecule has 0 aromatic heterocycles. The topological polar surface area (TPSA) is 243 Å². The summed E-state index contributed by atoms with van der Waals surface area (Å²) in [6.07, 6.45) is -7.29. The number of rotatable bonds is 15. The van der Waals surface area contributed by atoms with Gasteiger partial charge in [0.1, 0.15) is 0 Å². The third kappa shape index (κ3) is 11.0. The van der Waals surface area contributed by atoms with Gasteiger partial charge in [-0.1, -0.05) is 0 Å². The Morgan fingerprint density at radius 3 is 2.04 bits per heavy atom. The van der Waals surface area contributed by atoms with Gasteiger partial charge in [-0.05, 0) is 0 Å². The molecule has 0 aliphatic rings. The van der Waals surface area contributed by atoms with Crippen LogP contribution in [0.15, 0.2) is 0 Å². The molecular weight excluding hydrogens is 491 g/mol. The molecule has 0 radical (unpaired) electrons. The third-order valence-electron chi connectivity index (χ3n) is 3.11. The molecule has 7 atom stereocenters. The van der Waals surface area contributed by atoms with Gasteiger partial charge in [0, 0.05) is 0 Å². The van der Waals surface area contributed by atoms with Crippen LogP contribution in [-0.4, -0.2) is 117 Å². The third-order valence-corrected chi connectivity index (χ3v) is 6.29. The van der Waals surface area contributed by atoms with Crippen LogP contribution in [0.3, 0.4) is 0 Å². The van der Waals surface area contributed by atoms with Gasteiger partial charge in [0.25, 0.3) is 0 Å². The summed E-state index contributed by atoms with van der Waals surface area (Å²) >= 11 is -3.66. The minimum atomic E-state index is -3.66. The summed E-state index contributed by atoms with van der Waals surface area (Å²) < 4.78 is 28.8. The second-order valence-electron chi connectivity index (χ2n) is 5.33. The van der Waals surface area contributed by atoms with E-state index in [-0.39, 0.29) is 11.5 Å². The zero-order valence-electron chi connectivity index (χ0n) is 14.4. The molecule has 0 aliphatic heterocycles. The van der Waals surface area contributed by atoms with Crippen LogP contribution in [0.2, 0.25) is 0 Å². The van der Waals surface area contributed by atoms with Gasteiger partial charge in [-0.2, -0.15) is 0 Å². The van der Waals surface area contributed by atoms with Crippen LogP contribution in [0.1, 0.15) is 0 Å². The van der Waals surface area contributed by atoms with E-state index in [1.165, 1.54) is 0 Å². The van der Waals surface area contributed by atoms with Gasteiger partial charge in [-0.3, -0.25) is 4.79 Å². The van der Waals surface area contributed by atoms with E-state index in [1.54, 1.807) is 0 Å². The summed E-state index contributed by atoms with van der Waals surface area (Å²) in [6.45, 7) is -1.67. The van der Waals surface area contributed by atoms with Crippen LogP contribution in [0.4, 0.5) is 0 Å². The molecule has 0 spiro atoms. The molecule has 0 rings (SSSR count). The second-order valence-corrected chi connectivity index (χ2v) is 9.29. The summed E-state index contributed by atoms with van der Waals surface area (Å²) in [5.74, 6) is -2.18. The minimum Gasteiger partial charge on any atom is -0.480 e. The SMILES string of the molecule is NC(CSSC[C@H](N)C(=O)O[C@H](CO[Se](=O)O)[C@@H](O)[C@H](O)[C@H](O)CO)C(=O)O. The van der Waals surface area contributed by atoms with Crippen molar-refractivity contribution in [1.82, 2.24) is 0 Å². The fraction of sp³-hybridized carbons (Fsp3) is 0.833. The standard InChI is InChI=1S/C12H24N2O11S2Se/c13-5(11(19)20)3-26-27-4-6(14)12(21)25-8(2-24-28(22)23)10(18)9(17)7(16)1-15/h5-10,15-18H,1-4,13-14H2,(H,19,20)(H,22,23)/t5?,6-,7+,8+,9+,10+/m0/s1. The summed E-state index contributed by atoms with van der Waals surface area (Å²) in [5, 5.41) is 46.5. The summed E-state index contributed by atoms with van der Waals surface area (Å²) in [5.41, 5.74) is 10.9. The Morgan fingerprint density at radius 2 is 1.57 bits per heavy atom. The number of hydrogen-bond acceptors (Lipinski definition) is 13. The first-order valence-corrected chi connectivity index (χ1v) is 12.2. The first kappa shape index (κ1) is 27.6. The monoisotopic (exact) mass is 516 g/mol. The summed E-state index contributed by atoms with van der Waals surface area (Å²) in [6, 6.07) is -2.31. The van der Waals surface area contributed by atoms with E-state index < -0.39 is 76.1 Å². The number of aliphatic carboxylic acids is 1. The maximum absolute atomic E-state index is 12.0. The van der Waals surface area contributed by atoms with E-state index >= 15 is 0 Å². The molecule has 0 aromatic rings. The molecular formula is C12H24N2O11S2Se. The van der Waals surface area contributed by atoms with Crippen molar-refractivity contribution < 1.29 is 51.7 Å². The number of carboxylic acid groups (broad SMARTS) is 1. The number of ether oxygens (including phenoxy) is 1. The van der Waals surface area contributed by atoms with Crippen molar-refractivity contribution in [3.05, 3.63) is 0 Å². The number of esters is 1. The molecule has 0 bridgehead atoms. The molecule has 2 unspecified atom stereocenters. The molecule has 13 nitrogen and oxygen atoms in total. The van der Waals surface area contributed by atoms with Crippen molar-refractivity contribution in [2.24, 2.45) is 11.5 Å². The Kier molecular flexibility index (Phi) is 14.4. The average molecular weight is 515 g/mol. The Hall–Kier alpha value is -0.361. The molecule has 0 aliphatic carbocycles. The predicted octanol–water partition coefficient (Wildman–Crippen LogP) is -4.48. The van der Waals surface area contributed by atoms with Crippen LogP contribution in [-0.2, 0) is 22.0 Å². The zero-order chi connectivity index (χ0) is 21.9. The predicted molar refractivity (Wildman–Crippen MR) is 98.1 cm³/mol. The van der Waals surface area contributed by atoms with Crippen molar-refractivity contribution >= 4 is 48.0 Å². The normalized spacial score (nSPS) is 19.1. The number of carbonyl (C=O) groups is 2. The Balaban J connectivity index is 4.70. The zero-order valence-corrected chi connectivity index (χ0v) is 17.7. The van der Waals surface area contributed by atoms with E-state index in [1.807, 2.05) is 0 Å². The summed E-state index contributed by atoms with van der Waals surface area (Å²) in [4.78, 5) is 22.6. The quantitative estimate of drug-likeness (QED) is 0.0443. The molecule has 0 heterocycles. The van der Waals surface area contributed by atoms with Gasteiger partial charge in [0.15, 0.2) is 0 Å². The van der Waals surface area contributed by atoms with Gasteiger partial charge in [0.05, 0.1) is 0 Å². The van der Waals surface area contributed by atoms with E-state index in [9.17, 15) is 28.7 Å². The summed E-state index contributed by atoms with van der Waals surface area (Å²) in [7, 11) is 2.12. The second kappa shape index (κ2) is 14.6. The maximum atomic E-state index is 12.0. The number of carboxylic acids is 1. The first-order valence-electron chi connectivity index (χ1n) is 7.59. The molecule has 16 heteroatoms. The number of carbonyl (C=O) groups excluding carboxylic acids is 1. The van der Waals surface area contributed by atoms with E-state index in [0.29, 0.717) is 0 Å². The Labute approximate surface area is 172 Å². The van der Waals surface area contributed by atoms with Crippen molar-refractivity contribution in [2.75, 3.05) is 24.7 Å². The molecule has 0 saturated carbocycles. The Bertz CT molecular complexity index is 518. The number of hydrogen-bond donors (Lipinski definition) is 8. The smallest absolute Gasteiger partial charge is 0.480 e. The number of aliphatic hydroxyl groups excluding tert-OH is 4. The van der Waals surface area contributed by atoms with Crippen molar-refractivity contribution in [2.45, 2.75) is 36.5 Å². The van der Waals surface area contributed by atoms with Gasteiger partial charge in [-0.25, -0.2) is 0 Å². The van der Waals surface area contributed by atoms with Crippen LogP contribution in [0.25, 0.3) is 0 Å². The van der Waals surface area contributed by atoms with Crippen molar-refractivity contribution in [3.8, 4) is 0 Å². The number of aliphatic hydroxyl groups is 4. The Morgan fingerprint density at radius 1 is 1.04 bits per heavy atom. The minimum absolute atomic E-state index is 0.0145. The van der Waals surface area contributed by atoms with Gasteiger partial charge < -0.3 is 5.11 Å². The molecule has 10 N–H and O–H groups in total. The van der Waals surface area contributed by atoms with E-state index in [0.717, 1.165) is 21.6 Å². The molecule has 166 valence electrons. The first-order chi connectivity index (χ1) is 13.0. The van der Waals surface area contributed by atoms with Gasteiger partial charge >= 0.3 is 163 Å². The van der Waals surface area contributed by atoms with Crippen LogP contribution in [0.5, 0.6) is 0 Å². The average Bonchev–Trinajstić information content (AvgIpc) is 2.65. The molecule has 0 amide bonds. The van der Waals surface area contributed by atoms with E-state index in [4.69, 9.17) is 30.6 Å². The van der Waals surface area contributed by atoms with Gasteiger partial charge in [0.2, 0.25) is 0 Å². The molecule has 0 fully saturated rings. The molecule has 0 aromatic carbocycles. The van der Waals surface area contributed by atoms with Crippen LogP contribution < -0.4 is 11.5 Å². The fourth-order valence-electron chi connectivity index (χ4n) is 1.50.